The summed E-state index contributed by atoms with van der Waals surface area (Å²) in [6, 6.07) is 0. The molecule has 14 heavy (non-hydrogen) atoms. The van der Waals surface area contributed by atoms with E-state index >= 15 is 0 Å². The fourth-order valence-corrected chi connectivity index (χ4v) is 1.63. The van der Waals surface area contributed by atoms with Crippen LogP contribution in [0.1, 0.15) is 6.92 Å². The van der Waals surface area contributed by atoms with E-state index in [1.54, 1.807) is 12.2 Å². The molecule has 0 bridgehead atoms. The van der Waals surface area contributed by atoms with Gasteiger partial charge < -0.3 is 0 Å². The predicted molar refractivity (Wildman–Crippen MR) is 55.7 cm³/mol. The Bertz CT molecular complexity index is 369. The van der Waals surface area contributed by atoms with E-state index in [1.165, 1.54) is 6.21 Å². The van der Waals surface area contributed by atoms with Gasteiger partial charge in [-0.3, -0.25) is 4.72 Å². The first-order valence-electron chi connectivity index (χ1n) is 4.09. The number of hydrazone groups is 1. The van der Waals surface area contributed by atoms with E-state index < -0.39 is 10.0 Å². The molecule has 0 aromatic carbocycles. The normalized spacial score (nSPS) is 20.8. The molecule has 1 heterocycles. The van der Waals surface area contributed by atoms with Gasteiger partial charge in [0.1, 0.15) is 0 Å². The lowest BCUT2D eigenvalue weighted by atomic mass is 10.6. The Morgan fingerprint density at radius 3 is 3.07 bits per heavy atom. The Hall–Kier alpha value is -1.37. The Kier molecular flexibility index (Phi) is 3.63. The van der Waals surface area contributed by atoms with Gasteiger partial charge in [-0.15, -0.1) is 0 Å². The van der Waals surface area contributed by atoms with Crippen molar-refractivity contribution < 1.29 is 8.42 Å². The van der Waals surface area contributed by atoms with Crippen LogP contribution in [-0.2, 0) is 10.0 Å². The monoisotopic (exact) mass is 216 g/mol. The maximum Gasteiger partial charge on any atom is 0.236 e. The summed E-state index contributed by atoms with van der Waals surface area (Å²) in [5.41, 5.74) is 2.49. The SMILES string of the molecule is C/C=C/C=N/NC1=NCCS(=O)(=O)N1. The van der Waals surface area contributed by atoms with Crippen molar-refractivity contribution in [2.45, 2.75) is 6.92 Å². The van der Waals surface area contributed by atoms with Crippen molar-refractivity contribution in [1.82, 2.24) is 10.1 Å². The summed E-state index contributed by atoms with van der Waals surface area (Å²) in [6.07, 6.45) is 5.02. The summed E-state index contributed by atoms with van der Waals surface area (Å²) in [7, 11) is -3.21. The molecule has 0 unspecified atom stereocenters. The number of hydrogen-bond acceptors (Lipinski definition) is 5. The summed E-state index contributed by atoms with van der Waals surface area (Å²) >= 11 is 0. The summed E-state index contributed by atoms with van der Waals surface area (Å²) in [6.45, 7) is 2.11. The van der Waals surface area contributed by atoms with Gasteiger partial charge in [0.05, 0.1) is 12.3 Å². The van der Waals surface area contributed by atoms with E-state index in [4.69, 9.17) is 0 Å². The van der Waals surface area contributed by atoms with Crippen LogP contribution in [0.3, 0.4) is 0 Å². The van der Waals surface area contributed by atoms with Gasteiger partial charge in [0.15, 0.2) is 0 Å². The van der Waals surface area contributed by atoms with Crippen molar-refractivity contribution in [2.24, 2.45) is 10.1 Å². The van der Waals surface area contributed by atoms with Crippen LogP contribution < -0.4 is 10.1 Å². The summed E-state index contributed by atoms with van der Waals surface area (Å²) in [5, 5.41) is 3.73. The van der Waals surface area contributed by atoms with Gasteiger partial charge in [-0.1, -0.05) is 6.08 Å². The molecule has 0 aromatic heterocycles. The van der Waals surface area contributed by atoms with Crippen molar-refractivity contribution in [3.8, 4) is 0 Å². The zero-order chi connectivity index (χ0) is 10.4. The zero-order valence-electron chi connectivity index (χ0n) is 7.77. The molecule has 0 radical (unpaired) electrons. The molecular weight excluding hydrogens is 204 g/mol. The van der Waals surface area contributed by atoms with Gasteiger partial charge in [-0.25, -0.2) is 18.8 Å². The molecule has 0 aliphatic carbocycles. The van der Waals surface area contributed by atoms with Crippen LogP contribution in [0.2, 0.25) is 0 Å². The minimum Gasteiger partial charge on any atom is -0.252 e. The molecule has 0 aromatic rings. The van der Waals surface area contributed by atoms with Gasteiger partial charge in [-0.2, -0.15) is 5.10 Å². The fraction of sp³-hybridized carbons (Fsp3) is 0.429. The zero-order valence-corrected chi connectivity index (χ0v) is 8.58. The van der Waals surface area contributed by atoms with Gasteiger partial charge in [0.25, 0.3) is 0 Å². The first-order valence-corrected chi connectivity index (χ1v) is 5.74. The summed E-state index contributed by atoms with van der Waals surface area (Å²) in [4.78, 5) is 3.90. The number of nitrogens with one attached hydrogen (secondary N) is 2. The van der Waals surface area contributed by atoms with Gasteiger partial charge in [0, 0.05) is 6.21 Å². The van der Waals surface area contributed by atoms with Crippen molar-refractivity contribution in [3.63, 3.8) is 0 Å². The lowest BCUT2D eigenvalue weighted by Crippen LogP contribution is -2.43. The number of sulfonamides is 1. The number of hydrogen-bond donors (Lipinski definition) is 2. The number of guanidine groups is 1. The highest BCUT2D eigenvalue weighted by atomic mass is 32.2. The van der Waals surface area contributed by atoms with Crippen molar-refractivity contribution in [1.29, 1.82) is 0 Å². The Morgan fingerprint density at radius 1 is 1.64 bits per heavy atom. The third-order valence-corrected chi connectivity index (χ3v) is 2.63. The molecule has 7 heteroatoms. The quantitative estimate of drug-likeness (QED) is 0.479. The Labute approximate surface area is 82.9 Å². The molecule has 0 fully saturated rings. The van der Waals surface area contributed by atoms with Gasteiger partial charge in [0.2, 0.25) is 16.0 Å². The maximum absolute atomic E-state index is 11.1. The number of allylic oxidation sites excluding steroid dienone is 2. The molecule has 0 saturated heterocycles. The van der Waals surface area contributed by atoms with Crippen LogP contribution in [0.5, 0.6) is 0 Å². The van der Waals surface area contributed by atoms with Crippen LogP contribution in [-0.4, -0.2) is 32.9 Å². The molecule has 6 nitrogen and oxygen atoms in total. The standard InChI is InChI=1S/C7H12N4O2S/c1-2-3-4-9-10-7-8-5-6-14(12,13)11-7/h2-4H,5-6H2,1H3,(H2,8,10,11)/b3-2+,9-4+. The molecule has 1 rings (SSSR count). The predicted octanol–water partition coefficient (Wildman–Crippen LogP) is -0.573. The molecule has 1 aliphatic heterocycles. The summed E-state index contributed by atoms with van der Waals surface area (Å²) in [5.74, 6) is 0.188. The van der Waals surface area contributed by atoms with Crippen LogP contribution in [0, 0.1) is 0 Å². The van der Waals surface area contributed by atoms with Crippen LogP contribution in [0.25, 0.3) is 0 Å². The van der Waals surface area contributed by atoms with E-state index in [2.05, 4.69) is 20.2 Å². The fourth-order valence-electron chi connectivity index (χ4n) is 0.794. The smallest absolute Gasteiger partial charge is 0.236 e. The van der Waals surface area contributed by atoms with Gasteiger partial charge in [-0.05, 0) is 13.0 Å². The van der Waals surface area contributed by atoms with Crippen molar-refractivity contribution >= 4 is 22.2 Å². The third-order valence-electron chi connectivity index (χ3n) is 1.41. The first kappa shape index (κ1) is 10.7. The Morgan fingerprint density at radius 2 is 2.43 bits per heavy atom. The van der Waals surface area contributed by atoms with Gasteiger partial charge >= 0.3 is 0 Å². The number of aliphatic imine (C=N–C) groups is 1. The topological polar surface area (TPSA) is 82.9 Å². The van der Waals surface area contributed by atoms with E-state index in [-0.39, 0.29) is 18.3 Å². The van der Waals surface area contributed by atoms with Crippen molar-refractivity contribution in [3.05, 3.63) is 12.2 Å². The van der Waals surface area contributed by atoms with Crippen LogP contribution >= 0.6 is 0 Å². The minimum absolute atomic E-state index is 0.0246. The molecular formula is C7H12N4O2S. The molecule has 0 amide bonds. The average molecular weight is 216 g/mol. The minimum atomic E-state index is -3.21. The molecule has 0 saturated carbocycles. The lowest BCUT2D eigenvalue weighted by molar-refractivity contribution is 0.588. The highest BCUT2D eigenvalue weighted by Crippen LogP contribution is 1.91. The second-order valence-corrected chi connectivity index (χ2v) is 4.41. The molecule has 2 N–H and O–H groups in total. The number of rotatable bonds is 2. The molecule has 0 spiro atoms. The summed E-state index contributed by atoms with van der Waals surface area (Å²) < 4.78 is 24.3. The van der Waals surface area contributed by atoms with Crippen LogP contribution in [0.15, 0.2) is 22.2 Å². The second-order valence-electron chi connectivity index (χ2n) is 2.57. The van der Waals surface area contributed by atoms with E-state index in [9.17, 15) is 8.42 Å². The van der Waals surface area contributed by atoms with Crippen LogP contribution in [0.4, 0.5) is 0 Å². The van der Waals surface area contributed by atoms with E-state index in [0.717, 1.165) is 0 Å². The maximum atomic E-state index is 11.1. The lowest BCUT2D eigenvalue weighted by Gasteiger charge is -2.13. The largest absolute Gasteiger partial charge is 0.252 e. The molecule has 78 valence electrons. The van der Waals surface area contributed by atoms with Crippen molar-refractivity contribution in [2.75, 3.05) is 12.3 Å². The Balaban J connectivity index is 2.50. The molecule has 0 atom stereocenters. The average Bonchev–Trinajstić information content (AvgIpc) is 2.11. The second kappa shape index (κ2) is 4.75. The highest BCUT2D eigenvalue weighted by molar-refractivity contribution is 7.90. The first-order chi connectivity index (χ1) is 6.64. The highest BCUT2D eigenvalue weighted by Gasteiger charge is 2.16. The van der Waals surface area contributed by atoms with E-state index in [1.807, 2.05) is 6.92 Å². The molecule has 1 aliphatic rings. The third kappa shape index (κ3) is 3.56. The van der Waals surface area contributed by atoms with E-state index in [0.29, 0.717) is 0 Å². The number of nitrogens with zero attached hydrogens (tertiary/aromatic N) is 2.